The standard InChI is InChI=1S/C32H41F2N4O13P/c1-6-46-28(42)18(4)36-52(45,37-19(5)29(43)47-7-2)49-16-24-27(41)32(33,34)30(51-24)38-9-8-22(35-31(38)44)13-25(40)48-15-23-12-20-10-17(3)11-21(14-39)26(20)50-23/h8-12,18-19,24,27,30,39,41H,6-7,13-16H2,1-5H3,(H2,36,37,45)/t18-,19-,24+,27+,30+/m0/s1. The summed E-state index contributed by atoms with van der Waals surface area (Å²) in [6, 6.07) is 3.86. The van der Waals surface area contributed by atoms with Gasteiger partial charge >= 0.3 is 37.2 Å². The first-order valence-electron chi connectivity index (χ1n) is 16.2. The predicted octanol–water partition coefficient (Wildman–Crippen LogP) is 2.18. The fraction of sp³-hybridized carbons (Fsp3) is 0.531. The van der Waals surface area contributed by atoms with Crippen molar-refractivity contribution in [2.45, 2.75) is 90.7 Å². The molecule has 0 radical (unpaired) electrons. The maximum Gasteiger partial charge on any atom is 0.350 e. The van der Waals surface area contributed by atoms with Gasteiger partial charge in [-0.1, -0.05) is 6.07 Å². The van der Waals surface area contributed by atoms with E-state index in [9.17, 15) is 34.0 Å². The van der Waals surface area contributed by atoms with E-state index in [0.29, 0.717) is 26.9 Å². The number of hydrogen-bond donors (Lipinski definition) is 4. The van der Waals surface area contributed by atoms with E-state index < -0.39 is 80.7 Å². The SMILES string of the molecule is CCOC(=O)[C@H](C)NP(=O)(N[C@@H](C)C(=O)OCC)OC[C@H]1O[C@@H](n2ccc(CC(=O)OCc3cc4cc(C)cc(CO)c4o3)nc2=O)C(F)(F)[C@@H]1O. The molecule has 286 valence electrons. The van der Waals surface area contributed by atoms with Gasteiger partial charge < -0.3 is 38.1 Å². The second-order valence-corrected chi connectivity index (χ2v) is 13.7. The van der Waals surface area contributed by atoms with E-state index in [2.05, 4.69) is 15.2 Å². The van der Waals surface area contributed by atoms with Crippen LogP contribution in [0.5, 0.6) is 0 Å². The van der Waals surface area contributed by atoms with Gasteiger partial charge in [0.2, 0.25) is 6.23 Å². The van der Waals surface area contributed by atoms with Crippen molar-refractivity contribution in [3.63, 3.8) is 0 Å². The number of carbonyl (C=O) groups excluding carboxylic acids is 3. The first-order valence-corrected chi connectivity index (χ1v) is 17.9. The maximum atomic E-state index is 15.3. The Kier molecular flexibility index (Phi) is 13.4. The Bertz CT molecular complexity index is 1840. The molecule has 0 amide bonds. The fourth-order valence-corrected chi connectivity index (χ4v) is 7.07. The van der Waals surface area contributed by atoms with Crippen molar-refractivity contribution < 1.29 is 65.8 Å². The van der Waals surface area contributed by atoms with Gasteiger partial charge in [-0.05, 0) is 58.4 Å². The van der Waals surface area contributed by atoms with E-state index in [4.69, 9.17) is 27.9 Å². The molecule has 0 unspecified atom stereocenters. The summed E-state index contributed by atoms with van der Waals surface area (Å²) in [5, 5.41) is 25.5. The minimum atomic E-state index is -4.45. The van der Waals surface area contributed by atoms with Crippen LogP contribution in [0.25, 0.3) is 11.0 Å². The Hall–Kier alpha value is -4.10. The molecule has 17 nitrogen and oxygen atoms in total. The third-order valence-corrected chi connectivity index (χ3v) is 9.67. The summed E-state index contributed by atoms with van der Waals surface area (Å²) >= 11 is 0. The molecule has 0 saturated carbocycles. The molecule has 2 aromatic heterocycles. The normalized spacial score (nSPS) is 19.7. The predicted molar refractivity (Wildman–Crippen MR) is 176 cm³/mol. The van der Waals surface area contributed by atoms with Crippen molar-refractivity contribution in [2.75, 3.05) is 19.8 Å². The zero-order valence-electron chi connectivity index (χ0n) is 29.0. The molecule has 0 spiro atoms. The number of nitrogens with zero attached hydrogens (tertiary/aromatic N) is 2. The van der Waals surface area contributed by atoms with E-state index in [1.54, 1.807) is 26.0 Å². The molecule has 4 N–H and O–H groups in total. The summed E-state index contributed by atoms with van der Waals surface area (Å²) in [6.45, 7) is 6.03. The van der Waals surface area contributed by atoms with Gasteiger partial charge in [-0.3, -0.25) is 23.5 Å². The van der Waals surface area contributed by atoms with Crippen molar-refractivity contribution in [1.82, 2.24) is 19.7 Å². The number of alkyl halides is 2. The molecule has 20 heteroatoms. The Morgan fingerprint density at radius 1 is 1.08 bits per heavy atom. The third-order valence-electron chi connectivity index (χ3n) is 7.71. The van der Waals surface area contributed by atoms with E-state index >= 15 is 8.78 Å². The molecule has 3 aromatic rings. The summed E-state index contributed by atoms with van der Waals surface area (Å²) in [4.78, 5) is 53.4. The number of aliphatic hydroxyl groups excluding tert-OH is 2. The molecule has 3 heterocycles. The Labute approximate surface area is 296 Å². The topological polar surface area (TPSA) is 227 Å². The number of ether oxygens (including phenoxy) is 4. The molecule has 4 rings (SSSR count). The third kappa shape index (κ3) is 9.65. The number of esters is 3. The van der Waals surface area contributed by atoms with Gasteiger partial charge in [0.05, 0.1) is 38.5 Å². The number of aryl methyl sites for hydroxylation is 1. The largest absolute Gasteiger partial charge is 0.465 e. The smallest absolute Gasteiger partial charge is 0.350 e. The molecule has 0 bridgehead atoms. The van der Waals surface area contributed by atoms with Crippen LogP contribution in [0.2, 0.25) is 0 Å². The van der Waals surface area contributed by atoms with Crippen LogP contribution in [0.3, 0.4) is 0 Å². The second-order valence-electron chi connectivity index (χ2n) is 11.9. The lowest BCUT2D eigenvalue weighted by Crippen LogP contribution is -2.44. The van der Waals surface area contributed by atoms with Gasteiger partial charge in [-0.15, -0.1) is 0 Å². The van der Waals surface area contributed by atoms with Crippen molar-refractivity contribution in [2.24, 2.45) is 0 Å². The number of aromatic nitrogens is 2. The molecule has 5 atom stereocenters. The van der Waals surface area contributed by atoms with Gasteiger partial charge in [-0.2, -0.15) is 13.8 Å². The number of carbonyl (C=O) groups is 3. The highest BCUT2D eigenvalue weighted by Gasteiger charge is 2.60. The van der Waals surface area contributed by atoms with E-state index in [1.807, 2.05) is 13.0 Å². The highest BCUT2D eigenvalue weighted by Crippen LogP contribution is 2.45. The number of furan rings is 1. The molecule has 1 aliphatic rings. The molecule has 52 heavy (non-hydrogen) atoms. The molecule has 1 aliphatic heterocycles. The van der Waals surface area contributed by atoms with Crippen LogP contribution in [0.4, 0.5) is 8.78 Å². The number of fused-ring (bicyclic) bond motifs is 1. The van der Waals surface area contributed by atoms with Crippen molar-refractivity contribution in [1.29, 1.82) is 0 Å². The number of halogens is 2. The molecule has 1 aromatic carbocycles. The van der Waals surface area contributed by atoms with Crippen LogP contribution >= 0.6 is 7.67 Å². The van der Waals surface area contributed by atoms with Gasteiger partial charge in [0.25, 0.3) is 0 Å². The van der Waals surface area contributed by atoms with Gasteiger partial charge in [0.15, 0.2) is 6.10 Å². The molecule has 1 fully saturated rings. The van der Waals surface area contributed by atoms with Crippen LogP contribution < -0.4 is 15.9 Å². The Morgan fingerprint density at radius 3 is 2.29 bits per heavy atom. The summed E-state index contributed by atoms with van der Waals surface area (Å²) in [7, 11) is -4.45. The van der Waals surface area contributed by atoms with Crippen LogP contribution in [0.1, 0.15) is 56.5 Å². The lowest BCUT2D eigenvalue weighted by atomic mass is 10.1. The van der Waals surface area contributed by atoms with Crippen LogP contribution in [-0.2, 0) is 62.1 Å². The number of benzene rings is 1. The number of nitrogens with one attached hydrogen (secondary N) is 2. The lowest BCUT2D eigenvalue weighted by Gasteiger charge is -2.27. The lowest BCUT2D eigenvalue weighted by molar-refractivity contribution is -0.145. The van der Waals surface area contributed by atoms with Crippen LogP contribution in [-0.4, -0.2) is 87.7 Å². The van der Waals surface area contributed by atoms with Gasteiger partial charge in [0, 0.05) is 17.1 Å². The summed E-state index contributed by atoms with van der Waals surface area (Å²) in [5.74, 6) is -6.26. The highest BCUT2D eigenvalue weighted by molar-refractivity contribution is 7.54. The zero-order valence-corrected chi connectivity index (χ0v) is 29.9. The number of rotatable bonds is 17. The van der Waals surface area contributed by atoms with Gasteiger partial charge in [0.1, 0.15) is 36.1 Å². The average Bonchev–Trinajstić information content (AvgIpc) is 3.59. The molecular weight excluding hydrogens is 717 g/mol. The Morgan fingerprint density at radius 2 is 1.71 bits per heavy atom. The Balaban J connectivity index is 1.42. The van der Waals surface area contributed by atoms with Crippen molar-refractivity contribution >= 4 is 36.5 Å². The second kappa shape index (κ2) is 17.2. The van der Waals surface area contributed by atoms with Crippen molar-refractivity contribution in [3.05, 3.63) is 63.5 Å². The van der Waals surface area contributed by atoms with E-state index in [1.165, 1.54) is 13.8 Å². The first-order chi connectivity index (χ1) is 24.5. The fourth-order valence-electron chi connectivity index (χ4n) is 5.25. The first kappa shape index (κ1) is 40.7. The summed E-state index contributed by atoms with van der Waals surface area (Å²) in [5.41, 5.74) is 0.560. The molecular formula is C32H41F2N4O13P. The molecule has 1 saturated heterocycles. The molecule has 0 aliphatic carbocycles. The number of aliphatic hydroxyl groups is 2. The van der Waals surface area contributed by atoms with Crippen LogP contribution in [0, 0.1) is 6.92 Å². The zero-order chi connectivity index (χ0) is 38.4. The van der Waals surface area contributed by atoms with Gasteiger partial charge in [-0.25, -0.2) is 15.0 Å². The average molecular weight is 759 g/mol. The number of hydrogen-bond acceptors (Lipinski definition) is 14. The summed E-state index contributed by atoms with van der Waals surface area (Å²) < 4.78 is 76.1. The van der Waals surface area contributed by atoms with Crippen molar-refractivity contribution in [3.8, 4) is 0 Å². The monoisotopic (exact) mass is 758 g/mol. The minimum Gasteiger partial charge on any atom is -0.465 e. The highest BCUT2D eigenvalue weighted by atomic mass is 31.2. The van der Waals surface area contributed by atoms with Crippen LogP contribution in [0.15, 0.2) is 39.7 Å². The van der Waals surface area contributed by atoms with E-state index in [0.717, 1.165) is 17.8 Å². The van der Waals surface area contributed by atoms with E-state index in [-0.39, 0.29) is 32.1 Å². The summed E-state index contributed by atoms with van der Waals surface area (Å²) in [6.07, 6.45) is -6.43. The minimum absolute atomic E-state index is 0.00277. The quantitative estimate of drug-likeness (QED) is 0.0879. The maximum absolute atomic E-state index is 15.3.